The average molecular weight is 467 g/mol. The van der Waals surface area contributed by atoms with Crippen molar-refractivity contribution < 1.29 is 17.9 Å². The topological polar surface area (TPSA) is 75.7 Å². The van der Waals surface area contributed by atoms with E-state index in [1.54, 1.807) is 37.4 Å². The van der Waals surface area contributed by atoms with Crippen LogP contribution in [0.25, 0.3) is 0 Å². The van der Waals surface area contributed by atoms with Crippen LogP contribution >= 0.6 is 0 Å². The molecular formula is C26H30N2O4S. The fraction of sp³-hybridized carbons (Fsp3) is 0.269. The molecule has 0 atom stereocenters. The molecule has 0 unspecified atom stereocenters. The number of aryl methyl sites for hydroxylation is 2. The van der Waals surface area contributed by atoms with E-state index in [9.17, 15) is 13.2 Å². The van der Waals surface area contributed by atoms with Crippen molar-refractivity contribution in [3.05, 3.63) is 90.0 Å². The number of hydrogen-bond acceptors (Lipinski definition) is 4. The number of benzene rings is 3. The molecular weight excluding hydrogens is 436 g/mol. The average Bonchev–Trinajstić information content (AvgIpc) is 2.86. The van der Waals surface area contributed by atoms with Crippen LogP contribution in [0.5, 0.6) is 5.75 Å². The lowest BCUT2D eigenvalue weighted by atomic mass is 10.1. The second-order valence-corrected chi connectivity index (χ2v) is 9.47. The molecule has 0 radical (unpaired) electrons. The molecule has 0 heterocycles. The second kappa shape index (κ2) is 11.5. The first kappa shape index (κ1) is 24.3. The van der Waals surface area contributed by atoms with Gasteiger partial charge in [-0.2, -0.15) is 0 Å². The zero-order chi connectivity index (χ0) is 23.7. The summed E-state index contributed by atoms with van der Waals surface area (Å²) < 4.78 is 33.2. The molecule has 0 fully saturated rings. The minimum Gasteiger partial charge on any atom is -0.496 e. The smallest absolute Gasteiger partial charge is 0.264 e. The number of carbonyl (C=O) groups excluding carboxylic acids is 1. The summed E-state index contributed by atoms with van der Waals surface area (Å²) >= 11 is 0. The summed E-state index contributed by atoms with van der Waals surface area (Å²) in [6.07, 6.45) is 2.30. The van der Waals surface area contributed by atoms with E-state index in [2.05, 4.69) is 5.32 Å². The second-order valence-electron chi connectivity index (χ2n) is 7.61. The zero-order valence-electron chi connectivity index (χ0n) is 19.0. The van der Waals surface area contributed by atoms with E-state index in [1.165, 1.54) is 12.1 Å². The Morgan fingerprint density at radius 2 is 1.61 bits per heavy atom. The summed E-state index contributed by atoms with van der Waals surface area (Å²) in [6.45, 7) is 2.17. The maximum atomic E-state index is 13.3. The molecule has 3 aromatic rings. The van der Waals surface area contributed by atoms with Gasteiger partial charge >= 0.3 is 0 Å². The van der Waals surface area contributed by atoms with Crippen LogP contribution in [0.1, 0.15) is 24.5 Å². The van der Waals surface area contributed by atoms with Crippen molar-refractivity contribution in [1.29, 1.82) is 0 Å². The quantitative estimate of drug-likeness (QED) is 0.430. The summed E-state index contributed by atoms with van der Waals surface area (Å²) in [5.41, 5.74) is 2.62. The van der Waals surface area contributed by atoms with E-state index in [1.807, 2.05) is 43.3 Å². The van der Waals surface area contributed by atoms with Crippen LogP contribution in [0.3, 0.4) is 0 Å². The predicted molar refractivity (Wildman–Crippen MR) is 131 cm³/mol. The van der Waals surface area contributed by atoms with Gasteiger partial charge in [-0.3, -0.25) is 9.10 Å². The molecule has 0 aliphatic carbocycles. The molecule has 0 saturated heterocycles. The van der Waals surface area contributed by atoms with Crippen LogP contribution in [0, 0.1) is 0 Å². The number of rotatable bonds is 11. The van der Waals surface area contributed by atoms with E-state index in [0.29, 0.717) is 18.7 Å². The molecule has 1 N–H and O–H groups in total. The van der Waals surface area contributed by atoms with Crippen LogP contribution in [-0.4, -0.2) is 34.5 Å². The molecule has 6 nitrogen and oxygen atoms in total. The number of carbonyl (C=O) groups is 1. The van der Waals surface area contributed by atoms with Crippen molar-refractivity contribution in [2.75, 3.05) is 24.5 Å². The van der Waals surface area contributed by atoms with Gasteiger partial charge in [0.05, 0.1) is 17.7 Å². The third-order valence-corrected chi connectivity index (χ3v) is 7.18. The fourth-order valence-electron chi connectivity index (χ4n) is 3.54. The van der Waals surface area contributed by atoms with Gasteiger partial charge in [-0.05, 0) is 60.7 Å². The molecule has 3 rings (SSSR count). The zero-order valence-corrected chi connectivity index (χ0v) is 19.8. The molecule has 0 aliphatic rings. The Bertz CT molecular complexity index is 1150. The Morgan fingerprint density at radius 1 is 0.939 bits per heavy atom. The summed E-state index contributed by atoms with van der Waals surface area (Å²) in [6, 6.07) is 23.2. The Labute approximate surface area is 196 Å². The van der Waals surface area contributed by atoms with E-state index in [0.717, 1.165) is 34.0 Å². The first-order chi connectivity index (χ1) is 16.0. The van der Waals surface area contributed by atoms with Crippen molar-refractivity contribution >= 4 is 21.6 Å². The molecule has 1 amide bonds. The highest BCUT2D eigenvalue weighted by Gasteiger charge is 2.27. The van der Waals surface area contributed by atoms with Gasteiger partial charge in [0.15, 0.2) is 0 Å². The van der Waals surface area contributed by atoms with Crippen molar-refractivity contribution in [2.24, 2.45) is 0 Å². The van der Waals surface area contributed by atoms with Crippen molar-refractivity contribution in [3.63, 3.8) is 0 Å². The van der Waals surface area contributed by atoms with E-state index < -0.39 is 10.0 Å². The Kier molecular flexibility index (Phi) is 8.49. The summed E-state index contributed by atoms with van der Waals surface area (Å²) in [4.78, 5) is 12.9. The lowest BCUT2D eigenvalue weighted by molar-refractivity contribution is -0.119. The molecule has 7 heteroatoms. The van der Waals surface area contributed by atoms with Gasteiger partial charge in [-0.1, -0.05) is 55.5 Å². The largest absolute Gasteiger partial charge is 0.496 e. The van der Waals surface area contributed by atoms with Gasteiger partial charge in [-0.25, -0.2) is 8.42 Å². The normalized spacial score (nSPS) is 11.1. The summed E-state index contributed by atoms with van der Waals surface area (Å²) in [5, 5.41) is 2.85. The highest BCUT2D eigenvalue weighted by molar-refractivity contribution is 7.92. The number of hydrogen-bond donors (Lipinski definition) is 1. The minimum atomic E-state index is -3.90. The molecule has 0 spiro atoms. The van der Waals surface area contributed by atoms with Crippen LogP contribution in [0.4, 0.5) is 5.69 Å². The molecule has 3 aromatic carbocycles. The lowest BCUT2D eigenvalue weighted by Gasteiger charge is -2.24. The standard InChI is InChI=1S/C26H30N2O4S/c1-3-21-15-17-23(18-16-21)28(33(30,31)24-12-5-4-6-13-24)20-26(29)27-19-9-11-22-10-7-8-14-25(22)32-2/h4-8,10,12-18H,3,9,11,19-20H2,1-2H3,(H,27,29). The van der Waals surface area contributed by atoms with Crippen LogP contribution < -0.4 is 14.4 Å². The number of anilines is 1. The Morgan fingerprint density at radius 3 is 2.27 bits per heavy atom. The number of para-hydroxylation sites is 1. The van der Waals surface area contributed by atoms with Gasteiger partial charge in [0.25, 0.3) is 10.0 Å². The molecule has 174 valence electrons. The minimum absolute atomic E-state index is 0.147. The first-order valence-electron chi connectivity index (χ1n) is 11.0. The predicted octanol–water partition coefficient (Wildman–Crippen LogP) is 4.20. The third kappa shape index (κ3) is 6.35. The Balaban J connectivity index is 1.69. The van der Waals surface area contributed by atoms with Gasteiger partial charge in [0, 0.05) is 6.54 Å². The highest BCUT2D eigenvalue weighted by Crippen LogP contribution is 2.24. The molecule has 0 aliphatic heterocycles. The number of sulfonamides is 1. The highest BCUT2D eigenvalue weighted by atomic mass is 32.2. The number of methoxy groups -OCH3 is 1. The summed E-state index contributed by atoms with van der Waals surface area (Å²) in [7, 11) is -2.26. The Hall–Kier alpha value is -3.32. The van der Waals surface area contributed by atoms with Gasteiger partial charge < -0.3 is 10.1 Å². The number of ether oxygens (including phenoxy) is 1. The van der Waals surface area contributed by atoms with Gasteiger partial charge in [0.1, 0.15) is 12.3 Å². The monoisotopic (exact) mass is 466 g/mol. The first-order valence-corrected chi connectivity index (χ1v) is 12.4. The lowest BCUT2D eigenvalue weighted by Crippen LogP contribution is -2.41. The van der Waals surface area contributed by atoms with E-state index >= 15 is 0 Å². The van der Waals surface area contributed by atoms with Gasteiger partial charge in [-0.15, -0.1) is 0 Å². The number of nitrogens with zero attached hydrogens (tertiary/aromatic N) is 1. The maximum absolute atomic E-state index is 13.3. The number of amides is 1. The molecule has 0 saturated carbocycles. The van der Waals surface area contributed by atoms with Crippen molar-refractivity contribution in [3.8, 4) is 5.75 Å². The molecule has 0 bridgehead atoms. The van der Waals surface area contributed by atoms with Gasteiger partial charge in [0.2, 0.25) is 5.91 Å². The van der Waals surface area contributed by atoms with E-state index in [-0.39, 0.29) is 17.3 Å². The third-order valence-electron chi connectivity index (χ3n) is 5.39. The molecule has 0 aromatic heterocycles. The maximum Gasteiger partial charge on any atom is 0.264 e. The van der Waals surface area contributed by atoms with Crippen LogP contribution in [-0.2, 0) is 27.7 Å². The van der Waals surface area contributed by atoms with E-state index in [4.69, 9.17) is 4.74 Å². The fourth-order valence-corrected chi connectivity index (χ4v) is 4.98. The molecule has 33 heavy (non-hydrogen) atoms. The van der Waals surface area contributed by atoms with Crippen LogP contribution in [0.15, 0.2) is 83.8 Å². The SMILES string of the molecule is CCc1ccc(N(CC(=O)NCCCc2ccccc2OC)S(=O)(=O)c2ccccc2)cc1. The van der Waals surface area contributed by atoms with Crippen LogP contribution in [0.2, 0.25) is 0 Å². The van der Waals surface area contributed by atoms with Crippen molar-refractivity contribution in [1.82, 2.24) is 5.32 Å². The van der Waals surface area contributed by atoms with Crippen molar-refractivity contribution in [2.45, 2.75) is 31.1 Å². The number of nitrogens with one attached hydrogen (secondary N) is 1. The summed E-state index contributed by atoms with van der Waals surface area (Å²) in [5.74, 6) is 0.466.